The van der Waals surface area contributed by atoms with Crippen LogP contribution in [0, 0.1) is 0 Å². The van der Waals surface area contributed by atoms with Crippen LogP contribution < -0.4 is 34.3 Å². The van der Waals surface area contributed by atoms with Crippen molar-refractivity contribution in [1.82, 2.24) is 0 Å². The molecule has 6 heteroatoms. The average molecular weight is 457 g/mol. The van der Waals surface area contributed by atoms with Crippen LogP contribution in [-0.4, -0.2) is 20.1 Å². The molecule has 0 heterocycles. The van der Waals surface area contributed by atoms with Crippen LogP contribution in [0.2, 0.25) is 0 Å². The van der Waals surface area contributed by atoms with E-state index >= 15 is 0 Å². The molecule has 0 N–H and O–H groups in total. The first-order chi connectivity index (χ1) is 14.5. The second kappa shape index (κ2) is 15.3. The Morgan fingerprint density at radius 2 is 1.29 bits per heavy atom. The molecule has 0 spiro atoms. The number of methoxy groups -OCH3 is 1. The number of fused-ring (bicyclic) bond motifs is 1. The Hall–Kier alpha value is -0.590. The fourth-order valence-corrected chi connectivity index (χ4v) is 4.94. The van der Waals surface area contributed by atoms with E-state index < -0.39 is 10.1 Å². The zero-order chi connectivity index (χ0) is 21.8. The molecule has 0 fully saturated rings. The van der Waals surface area contributed by atoms with Crippen molar-refractivity contribution in [2.24, 2.45) is 0 Å². The van der Waals surface area contributed by atoms with E-state index in [0.29, 0.717) is 17.7 Å². The molecule has 168 valence electrons. The van der Waals surface area contributed by atoms with Gasteiger partial charge in [-0.2, -0.15) is 0 Å². The van der Waals surface area contributed by atoms with Crippen molar-refractivity contribution in [3.63, 3.8) is 0 Å². The molecule has 0 radical (unpaired) electrons. The van der Waals surface area contributed by atoms with Gasteiger partial charge in [0.25, 0.3) is 0 Å². The van der Waals surface area contributed by atoms with Crippen molar-refractivity contribution in [3.8, 4) is 5.75 Å². The van der Waals surface area contributed by atoms with E-state index in [2.05, 4.69) is 6.92 Å². The Labute approximate surface area is 211 Å². The standard InChI is InChI=1S/C25H38O4S.Na/c1-3-4-5-6-7-8-9-10-11-12-13-14-19-23-21-17-15-16-18-22(21)24(29-2)20-25(23)30(26,27)28;/h15-18,20H,3-14,19H2,1-2H3,(H,26,27,28);/q;+1/p-1. The number of hydrogen-bond donors (Lipinski definition) is 0. The van der Waals surface area contributed by atoms with E-state index in [1.807, 2.05) is 24.3 Å². The van der Waals surface area contributed by atoms with Gasteiger partial charge < -0.3 is 9.29 Å². The minimum atomic E-state index is -4.55. The molecule has 2 rings (SSSR count). The van der Waals surface area contributed by atoms with E-state index in [1.54, 1.807) is 0 Å². The zero-order valence-electron chi connectivity index (χ0n) is 19.6. The molecule has 0 saturated heterocycles. The molecule has 0 aromatic heterocycles. The van der Waals surface area contributed by atoms with Crippen LogP contribution in [0.4, 0.5) is 0 Å². The van der Waals surface area contributed by atoms with E-state index in [0.717, 1.165) is 30.0 Å². The third-order valence-corrected chi connectivity index (χ3v) is 6.75. The molecule has 2 aromatic carbocycles. The molecule has 0 aliphatic heterocycles. The van der Waals surface area contributed by atoms with E-state index in [-0.39, 0.29) is 34.5 Å². The SMILES string of the molecule is CCCCCCCCCCCCCCc1c(S(=O)(=O)[O-])cc(OC)c2ccccc12.[Na+]. The molecule has 0 saturated carbocycles. The molecule has 0 aliphatic carbocycles. The van der Waals surface area contributed by atoms with E-state index in [9.17, 15) is 13.0 Å². The summed E-state index contributed by atoms with van der Waals surface area (Å²) in [5.74, 6) is 0.429. The molecule has 2 aromatic rings. The van der Waals surface area contributed by atoms with Crippen molar-refractivity contribution in [3.05, 3.63) is 35.9 Å². The summed E-state index contributed by atoms with van der Waals surface area (Å²) < 4.78 is 41.0. The van der Waals surface area contributed by atoms with Crippen LogP contribution in [0.15, 0.2) is 35.2 Å². The Balaban J connectivity index is 0.00000480. The zero-order valence-corrected chi connectivity index (χ0v) is 22.4. The van der Waals surface area contributed by atoms with Crippen molar-refractivity contribution < 1.29 is 47.3 Å². The van der Waals surface area contributed by atoms with Crippen LogP contribution in [0.1, 0.15) is 89.5 Å². The summed E-state index contributed by atoms with van der Waals surface area (Å²) in [6.07, 6.45) is 15.6. The molecule has 0 bridgehead atoms. The summed E-state index contributed by atoms with van der Waals surface area (Å²) in [7, 11) is -3.06. The molecule has 31 heavy (non-hydrogen) atoms. The van der Waals surface area contributed by atoms with Gasteiger partial charge in [0.05, 0.1) is 12.0 Å². The summed E-state index contributed by atoms with van der Waals surface area (Å²) in [6, 6.07) is 8.93. The van der Waals surface area contributed by atoms with Crippen LogP contribution in [-0.2, 0) is 16.5 Å². The molecule has 0 amide bonds. The fourth-order valence-electron chi connectivity index (χ4n) is 4.17. The first-order valence-electron chi connectivity index (χ1n) is 11.5. The maximum absolute atomic E-state index is 11.9. The van der Waals surface area contributed by atoms with Crippen LogP contribution in [0.25, 0.3) is 10.8 Å². The van der Waals surface area contributed by atoms with Crippen molar-refractivity contribution in [1.29, 1.82) is 0 Å². The largest absolute Gasteiger partial charge is 1.00 e. The third kappa shape index (κ3) is 9.43. The minimum Gasteiger partial charge on any atom is -0.744 e. The second-order valence-corrected chi connectivity index (χ2v) is 9.54. The minimum absolute atomic E-state index is 0. The predicted octanol–water partition coefficient (Wildman–Crippen LogP) is 4.00. The normalized spacial score (nSPS) is 11.5. The molecular formula is C25H37NaO4S. The molecule has 0 aliphatic rings. The Kier molecular flexibility index (Phi) is 14.0. The maximum Gasteiger partial charge on any atom is 1.00 e. The number of unbranched alkanes of at least 4 members (excludes halogenated alkanes) is 11. The summed E-state index contributed by atoms with van der Waals surface area (Å²) in [5, 5.41) is 1.65. The predicted molar refractivity (Wildman–Crippen MR) is 123 cm³/mol. The smallest absolute Gasteiger partial charge is 0.744 e. The van der Waals surface area contributed by atoms with Gasteiger partial charge in [0.15, 0.2) is 0 Å². The second-order valence-electron chi connectivity index (χ2n) is 8.19. The van der Waals surface area contributed by atoms with Crippen molar-refractivity contribution in [2.75, 3.05) is 7.11 Å². The Morgan fingerprint density at radius 1 is 0.806 bits per heavy atom. The first kappa shape index (κ1) is 28.4. The molecule has 0 atom stereocenters. The van der Waals surface area contributed by atoms with Gasteiger partial charge in [-0.3, -0.25) is 0 Å². The quantitative estimate of drug-likeness (QED) is 0.231. The van der Waals surface area contributed by atoms with Gasteiger partial charge in [0, 0.05) is 5.39 Å². The van der Waals surface area contributed by atoms with Crippen molar-refractivity contribution in [2.45, 2.75) is 95.3 Å². The summed E-state index contributed by atoms with van der Waals surface area (Å²) in [5.41, 5.74) is 0.633. The van der Waals surface area contributed by atoms with Crippen LogP contribution >= 0.6 is 0 Å². The van der Waals surface area contributed by atoms with Gasteiger partial charge in [0.1, 0.15) is 15.9 Å². The van der Waals surface area contributed by atoms with Gasteiger partial charge >= 0.3 is 29.6 Å². The van der Waals surface area contributed by atoms with Gasteiger partial charge in [-0.05, 0) is 29.9 Å². The number of aryl methyl sites for hydroxylation is 1. The Bertz CT molecular complexity index is 880. The van der Waals surface area contributed by atoms with E-state index in [4.69, 9.17) is 4.74 Å². The van der Waals surface area contributed by atoms with Gasteiger partial charge in [0.2, 0.25) is 0 Å². The van der Waals surface area contributed by atoms with E-state index in [1.165, 1.54) is 71.0 Å². The molecule has 4 nitrogen and oxygen atoms in total. The average Bonchev–Trinajstić information content (AvgIpc) is 2.73. The monoisotopic (exact) mass is 456 g/mol. The molecule has 0 unspecified atom stereocenters. The fraction of sp³-hybridized carbons (Fsp3) is 0.600. The summed E-state index contributed by atoms with van der Waals surface area (Å²) in [4.78, 5) is -0.138. The summed E-state index contributed by atoms with van der Waals surface area (Å²) in [6.45, 7) is 2.25. The maximum atomic E-state index is 11.9. The summed E-state index contributed by atoms with van der Waals surface area (Å²) >= 11 is 0. The number of hydrogen-bond acceptors (Lipinski definition) is 4. The van der Waals surface area contributed by atoms with Crippen LogP contribution in [0.5, 0.6) is 5.75 Å². The third-order valence-electron chi connectivity index (χ3n) is 5.85. The number of ether oxygens (including phenoxy) is 1. The van der Waals surface area contributed by atoms with Gasteiger partial charge in [-0.25, -0.2) is 8.42 Å². The topological polar surface area (TPSA) is 66.4 Å². The number of benzene rings is 2. The number of rotatable bonds is 15. The Morgan fingerprint density at radius 3 is 1.77 bits per heavy atom. The van der Waals surface area contributed by atoms with Crippen LogP contribution in [0.3, 0.4) is 0 Å². The molecular weight excluding hydrogens is 419 g/mol. The van der Waals surface area contributed by atoms with Gasteiger partial charge in [-0.15, -0.1) is 0 Å². The van der Waals surface area contributed by atoms with Gasteiger partial charge in [-0.1, -0.05) is 102 Å². The van der Waals surface area contributed by atoms with Crippen molar-refractivity contribution >= 4 is 20.9 Å². The first-order valence-corrected chi connectivity index (χ1v) is 12.9.